The van der Waals surface area contributed by atoms with E-state index in [0.717, 1.165) is 9.47 Å². The van der Waals surface area contributed by atoms with E-state index in [0.29, 0.717) is 27.7 Å². The zero-order valence-corrected chi connectivity index (χ0v) is 18.5. The molecule has 0 bridgehead atoms. The third kappa shape index (κ3) is 4.96. The van der Waals surface area contributed by atoms with Gasteiger partial charge in [-0.3, -0.25) is 28.6 Å². The minimum atomic E-state index is -0.559. The van der Waals surface area contributed by atoms with Crippen LogP contribution in [0.1, 0.15) is 5.56 Å². The average Bonchev–Trinajstić information content (AvgIpc) is 3.04. The van der Waals surface area contributed by atoms with Crippen LogP contribution in [0.2, 0.25) is 5.02 Å². The minimum absolute atomic E-state index is 0.00474. The smallest absolute Gasteiger partial charge is 0.293 e. The molecule has 0 atom stereocenters. The van der Waals surface area contributed by atoms with Crippen molar-refractivity contribution in [2.75, 3.05) is 13.1 Å². The second-order valence-corrected chi connectivity index (χ2v) is 8.47. The SMILES string of the molecule is O=C(Cn1cnc2cc(Cl)ccc2c1=O)NCCN1C(=O)SC(=Cc2ccccc2F)C1=O. The average molecular weight is 487 g/mol. The van der Waals surface area contributed by atoms with Gasteiger partial charge in [-0.2, -0.15) is 0 Å². The number of imide groups is 1. The number of aromatic nitrogens is 2. The highest BCUT2D eigenvalue weighted by Gasteiger charge is 2.34. The monoisotopic (exact) mass is 486 g/mol. The number of carbonyl (C=O) groups is 3. The lowest BCUT2D eigenvalue weighted by Gasteiger charge is -2.13. The molecule has 0 aliphatic carbocycles. The summed E-state index contributed by atoms with van der Waals surface area (Å²) < 4.78 is 15.0. The summed E-state index contributed by atoms with van der Waals surface area (Å²) in [4.78, 5) is 54.7. The zero-order chi connectivity index (χ0) is 23.5. The maximum atomic E-state index is 13.8. The molecule has 1 fully saturated rings. The third-order valence-corrected chi connectivity index (χ3v) is 5.97. The van der Waals surface area contributed by atoms with E-state index < -0.39 is 28.4 Å². The fourth-order valence-corrected chi connectivity index (χ4v) is 4.21. The molecule has 8 nitrogen and oxygen atoms in total. The lowest BCUT2D eigenvalue weighted by molar-refractivity contribution is -0.124. The molecule has 3 amide bonds. The van der Waals surface area contributed by atoms with Crippen molar-refractivity contribution >= 4 is 57.4 Å². The van der Waals surface area contributed by atoms with Crippen molar-refractivity contribution < 1.29 is 18.8 Å². The van der Waals surface area contributed by atoms with Crippen LogP contribution in [0.15, 0.2) is 58.5 Å². The Morgan fingerprint density at radius 2 is 1.97 bits per heavy atom. The Balaban J connectivity index is 1.36. The summed E-state index contributed by atoms with van der Waals surface area (Å²) in [6.45, 7) is -0.344. The molecule has 1 N–H and O–H groups in total. The van der Waals surface area contributed by atoms with Crippen molar-refractivity contribution in [3.8, 4) is 0 Å². The number of thioether (sulfide) groups is 1. The molecule has 3 aromatic rings. The number of hydrogen-bond donors (Lipinski definition) is 1. The second kappa shape index (κ2) is 9.55. The minimum Gasteiger partial charge on any atom is -0.353 e. The Bertz CT molecular complexity index is 1370. The van der Waals surface area contributed by atoms with Crippen LogP contribution in [0.5, 0.6) is 0 Å². The normalized spacial score (nSPS) is 15.0. The largest absolute Gasteiger partial charge is 0.353 e. The van der Waals surface area contributed by atoms with Crippen LogP contribution in [-0.4, -0.2) is 44.6 Å². The van der Waals surface area contributed by atoms with E-state index in [1.807, 2.05) is 0 Å². The molecular formula is C22H16ClFN4O4S. The first-order valence-electron chi connectivity index (χ1n) is 9.75. The summed E-state index contributed by atoms with van der Waals surface area (Å²) in [5.41, 5.74) is 0.232. The number of rotatable bonds is 6. The summed E-state index contributed by atoms with van der Waals surface area (Å²) in [7, 11) is 0. The van der Waals surface area contributed by atoms with E-state index in [4.69, 9.17) is 11.6 Å². The molecule has 0 spiro atoms. The molecule has 1 aromatic heterocycles. The van der Waals surface area contributed by atoms with Crippen LogP contribution >= 0.6 is 23.4 Å². The molecule has 33 heavy (non-hydrogen) atoms. The van der Waals surface area contributed by atoms with E-state index >= 15 is 0 Å². The van der Waals surface area contributed by atoms with Gasteiger partial charge in [-0.25, -0.2) is 9.37 Å². The number of benzene rings is 2. The van der Waals surface area contributed by atoms with Crippen LogP contribution < -0.4 is 10.9 Å². The van der Waals surface area contributed by atoms with Crippen LogP contribution in [0, 0.1) is 5.82 Å². The molecule has 0 radical (unpaired) electrons. The fraction of sp³-hybridized carbons (Fsp3) is 0.136. The van der Waals surface area contributed by atoms with Gasteiger partial charge in [0.1, 0.15) is 12.4 Å². The van der Waals surface area contributed by atoms with Crippen molar-refractivity contribution in [1.82, 2.24) is 19.8 Å². The molecule has 1 aliphatic rings. The Hall–Kier alpha value is -3.50. The molecule has 11 heteroatoms. The number of fused-ring (bicyclic) bond motifs is 1. The molecule has 1 aliphatic heterocycles. The lowest BCUT2D eigenvalue weighted by atomic mass is 10.2. The molecule has 4 rings (SSSR count). The summed E-state index contributed by atoms with van der Waals surface area (Å²) in [6.07, 6.45) is 2.58. The van der Waals surface area contributed by atoms with Gasteiger partial charge in [-0.1, -0.05) is 29.8 Å². The predicted molar refractivity (Wildman–Crippen MR) is 123 cm³/mol. The maximum absolute atomic E-state index is 13.8. The number of carbonyl (C=O) groups excluding carboxylic acids is 3. The van der Waals surface area contributed by atoms with Gasteiger partial charge in [0.05, 0.1) is 22.1 Å². The zero-order valence-electron chi connectivity index (χ0n) is 17.0. The first-order valence-corrected chi connectivity index (χ1v) is 10.9. The highest BCUT2D eigenvalue weighted by atomic mass is 35.5. The molecular weight excluding hydrogens is 471 g/mol. The molecule has 2 heterocycles. The highest BCUT2D eigenvalue weighted by molar-refractivity contribution is 8.18. The van der Waals surface area contributed by atoms with Gasteiger partial charge in [0.25, 0.3) is 16.7 Å². The van der Waals surface area contributed by atoms with Gasteiger partial charge in [0.15, 0.2) is 0 Å². The quantitative estimate of drug-likeness (QED) is 0.537. The van der Waals surface area contributed by atoms with Crippen LogP contribution in [0.25, 0.3) is 17.0 Å². The van der Waals surface area contributed by atoms with E-state index in [2.05, 4.69) is 10.3 Å². The van der Waals surface area contributed by atoms with E-state index in [1.54, 1.807) is 18.2 Å². The fourth-order valence-electron chi connectivity index (χ4n) is 3.19. The van der Waals surface area contributed by atoms with Gasteiger partial charge in [-0.05, 0) is 42.1 Å². The second-order valence-electron chi connectivity index (χ2n) is 7.04. The van der Waals surface area contributed by atoms with Crippen molar-refractivity contribution in [1.29, 1.82) is 0 Å². The van der Waals surface area contributed by atoms with Crippen molar-refractivity contribution in [3.63, 3.8) is 0 Å². The number of nitrogens with zero attached hydrogens (tertiary/aromatic N) is 3. The Kier molecular flexibility index (Phi) is 6.57. The number of amides is 3. The summed E-state index contributed by atoms with van der Waals surface area (Å²) >= 11 is 6.60. The Labute approximate surface area is 196 Å². The van der Waals surface area contributed by atoms with E-state index in [9.17, 15) is 23.6 Å². The molecule has 1 saturated heterocycles. The van der Waals surface area contributed by atoms with Gasteiger partial charge in [0, 0.05) is 23.7 Å². The van der Waals surface area contributed by atoms with Crippen molar-refractivity contribution in [3.05, 3.63) is 80.5 Å². The molecule has 0 unspecified atom stereocenters. The summed E-state index contributed by atoms with van der Waals surface area (Å²) in [5.74, 6) is -1.55. The van der Waals surface area contributed by atoms with Crippen LogP contribution in [0.4, 0.5) is 9.18 Å². The first kappa shape index (κ1) is 22.7. The summed E-state index contributed by atoms with van der Waals surface area (Å²) in [5, 5.41) is 2.84. The number of nitrogens with one attached hydrogen (secondary N) is 1. The van der Waals surface area contributed by atoms with Crippen molar-refractivity contribution in [2.24, 2.45) is 0 Å². The topological polar surface area (TPSA) is 101 Å². The third-order valence-electron chi connectivity index (χ3n) is 4.82. The van der Waals surface area contributed by atoms with Gasteiger partial charge in [0.2, 0.25) is 5.91 Å². The predicted octanol–water partition coefficient (Wildman–Crippen LogP) is 3.04. The van der Waals surface area contributed by atoms with Gasteiger partial charge >= 0.3 is 0 Å². The lowest BCUT2D eigenvalue weighted by Crippen LogP contribution is -2.39. The number of hydrogen-bond acceptors (Lipinski definition) is 6. The molecule has 168 valence electrons. The summed E-state index contributed by atoms with van der Waals surface area (Å²) in [6, 6.07) is 10.6. The van der Waals surface area contributed by atoms with Gasteiger partial charge < -0.3 is 5.32 Å². The maximum Gasteiger partial charge on any atom is 0.293 e. The molecule has 2 aromatic carbocycles. The van der Waals surface area contributed by atoms with E-state index in [-0.39, 0.29) is 30.1 Å². The van der Waals surface area contributed by atoms with Gasteiger partial charge in [-0.15, -0.1) is 0 Å². The van der Waals surface area contributed by atoms with E-state index in [1.165, 1.54) is 36.7 Å². The standard InChI is InChI=1S/C22H16ClFN4O4S/c23-14-5-6-15-17(10-14)26-12-27(20(15)30)11-19(29)25-7-8-28-21(31)18(33-22(28)32)9-13-3-1-2-4-16(13)24/h1-6,9-10,12H,7-8,11H2,(H,25,29). The van der Waals surface area contributed by atoms with Crippen LogP contribution in [0.3, 0.4) is 0 Å². The highest BCUT2D eigenvalue weighted by Crippen LogP contribution is 2.32. The Morgan fingerprint density at radius 1 is 1.18 bits per heavy atom. The first-order chi connectivity index (χ1) is 15.8. The Morgan fingerprint density at radius 3 is 2.76 bits per heavy atom. The van der Waals surface area contributed by atoms with Crippen molar-refractivity contribution in [2.45, 2.75) is 6.54 Å². The molecule has 0 saturated carbocycles. The number of halogens is 2. The van der Waals surface area contributed by atoms with Crippen LogP contribution in [-0.2, 0) is 16.1 Å².